The fourth-order valence-electron chi connectivity index (χ4n) is 11.7. The van der Waals surface area contributed by atoms with E-state index >= 15 is 0 Å². The number of hydrogen-bond donors (Lipinski definition) is 0. The minimum absolute atomic E-state index is 0.0126. The van der Waals surface area contributed by atoms with Crippen LogP contribution >= 0.6 is 0 Å². The second-order valence-electron chi connectivity index (χ2n) is 21.0. The van der Waals surface area contributed by atoms with Crippen molar-refractivity contribution in [1.82, 2.24) is 4.57 Å². The van der Waals surface area contributed by atoms with Gasteiger partial charge in [-0.1, -0.05) is 154 Å². The summed E-state index contributed by atoms with van der Waals surface area (Å²) in [6, 6.07) is 50.1. The Balaban J connectivity index is 1.25. The first-order chi connectivity index (χ1) is 28.0. The molecule has 1 aromatic heterocycles. The Kier molecular flexibility index (Phi) is 6.60. The summed E-state index contributed by atoms with van der Waals surface area (Å²) in [5.41, 5.74) is 25.6. The smallest absolute Gasteiger partial charge is 0.333 e. The summed E-state index contributed by atoms with van der Waals surface area (Å²) in [6.07, 6.45) is 0. The zero-order valence-electron chi connectivity index (χ0n) is 36.1. The van der Waals surface area contributed by atoms with Gasteiger partial charge in [-0.3, -0.25) is 0 Å². The monoisotopic (exact) mass is 762 g/mol. The lowest BCUT2D eigenvalue weighted by atomic mass is 9.43. The van der Waals surface area contributed by atoms with Crippen molar-refractivity contribution in [2.45, 2.75) is 90.9 Å². The summed E-state index contributed by atoms with van der Waals surface area (Å²) >= 11 is 0. The maximum atomic E-state index is 2.69. The quantitative estimate of drug-likeness (QED) is 0.151. The van der Waals surface area contributed by atoms with Crippen LogP contribution in [0.1, 0.15) is 103 Å². The predicted molar refractivity (Wildman–Crippen MR) is 252 cm³/mol. The highest BCUT2D eigenvalue weighted by molar-refractivity contribution is 6.93. The van der Waals surface area contributed by atoms with Gasteiger partial charge in [0.2, 0.25) is 0 Å². The number of fused-ring (bicyclic) bond motifs is 14. The van der Waals surface area contributed by atoms with E-state index < -0.39 is 0 Å². The van der Waals surface area contributed by atoms with Gasteiger partial charge in [-0.25, -0.2) is 0 Å². The van der Waals surface area contributed by atoms with Crippen LogP contribution in [-0.2, 0) is 21.7 Å². The molecule has 2 nitrogen and oxygen atoms in total. The van der Waals surface area contributed by atoms with Crippen LogP contribution in [-0.4, -0.2) is 11.4 Å². The van der Waals surface area contributed by atoms with E-state index in [9.17, 15) is 0 Å². The molecule has 8 aromatic rings. The maximum Gasteiger partial charge on any atom is 0.333 e. The highest BCUT2D eigenvalue weighted by atomic mass is 15.1. The SMILES string of the molecule is CC(C)(C)c1ccc(N2B3c4cc5c(cc4-n4c6cc7c(cc6c6ccc(c3c64)-c3cc(C(C)(C)C)ccc32)-c2ccccc2C7(C)C)-c2ccccc2C5(C)C)cc1. The number of anilines is 2. The van der Waals surface area contributed by atoms with Crippen LogP contribution in [0, 0.1) is 0 Å². The Hall–Kier alpha value is -5.80. The molecule has 59 heavy (non-hydrogen) atoms. The highest BCUT2D eigenvalue weighted by Crippen LogP contribution is 2.54. The molecule has 12 rings (SSSR count). The van der Waals surface area contributed by atoms with E-state index in [1.54, 1.807) is 0 Å². The topological polar surface area (TPSA) is 8.17 Å². The average molecular weight is 763 g/mol. The van der Waals surface area contributed by atoms with Crippen LogP contribution in [0.25, 0.3) is 60.9 Å². The van der Waals surface area contributed by atoms with Crippen LogP contribution in [0.4, 0.5) is 11.4 Å². The lowest BCUT2D eigenvalue weighted by molar-refractivity contribution is 0.590. The normalized spacial score (nSPS) is 16.2. The van der Waals surface area contributed by atoms with E-state index in [0.717, 1.165) is 0 Å². The van der Waals surface area contributed by atoms with Gasteiger partial charge >= 0.3 is 6.85 Å². The third kappa shape index (κ3) is 4.44. The number of nitrogens with zero attached hydrogens (tertiary/aromatic N) is 2. The van der Waals surface area contributed by atoms with Crippen molar-refractivity contribution in [3.63, 3.8) is 0 Å². The molecule has 0 radical (unpaired) electrons. The van der Waals surface area contributed by atoms with Gasteiger partial charge in [-0.05, 0) is 125 Å². The highest BCUT2D eigenvalue weighted by Gasteiger charge is 2.47. The number of aromatic nitrogens is 1. The Labute approximate surface area is 349 Å². The molecule has 2 aliphatic carbocycles. The van der Waals surface area contributed by atoms with Gasteiger partial charge in [0.25, 0.3) is 0 Å². The molecule has 7 aromatic carbocycles. The largest absolute Gasteiger partial charge is 0.376 e. The minimum Gasteiger partial charge on any atom is -0.376 e. The van der Waals surface area contributed by atoms with E-state index in [-0.39, 0.29) is 28.5 Å². The Morgan fingerprint density at radius 3 is 1.69 bits per heavy atom. The summed E-state index contributed by atoms with van der Waals surface area (Å²) in [5.74, 6) is 0. The molecule has 0 saturated heterocycles. The van der Waals surface area contributed by atoms with Gasteiger partial charge < -0.3 is 9.38 Å². The minimum atomic E-state index is -0.126. The Bertz CT molecular complexity index is 3180. The molecule has 2 aliphatic heterocycles. The number of benzene rings is 7. The maximum absolute atomic E-state index is 2.69. The molecule has 0 saturated carbocycles. The van der Waals surface area contributed by atoms with Crippen molar-refractivity contribution in [1.29, 1.82) is 0 Å². The molecule has 4 aliphatic rings. The second kappa shape index (κ2) is 11.1. The molecule has 288 valence electrons. The van der Waals surface area contributed by atoms with Crippen molar-refractivity contribution in [3.05, 3.63) is 161 Å². The molecule has 0 fully saturated rings. The fourth-order valence-corrected chi connectivity index (χ4v) is 11.7. The fraction of sp³-hybridized carbons (Fsp3) is 0.250. The van der Waals surface area contributed by atoms with Crippen molar-refractivity contribution in [2.75, 3.05) is 4.81 Å². The summed E-state index contributed by atoms with van der Waals surface area (Å²) in [5, 5.41) is 2.66. The second-order valence-corrected chi connectivity index (χ2v) is 21.0. The van der Waals surface area contributed by atoms with Crippen molar-refractivity contribution < 1.29 is 0 Å². The Morgan fingerprint density at radius 2 is 1.05 bits per heavy atom. The van der Waals surface area contributed by atoms with Gasteiger partial charge in [0.15, 0.2) is 0 Å². The zero-order chi connectivity index (χ0) is 40.7. The predicted octanol–water partition coefficient (Wildman–Crippen LogP) is 13.2. The summed E-state index contributed by atoms with van der Waals surface area (Å²) in [6.45, 7) is 23.6. The third-order valence-corrected chi connectivity index (χ3v) is 14.9. The first kappa shape index (κ1) is 35.2. The van der Waals surface area contributed by atoms with Crippen molar-refractivity contribution in [2.24, 2.45) is 0 Å². The number of hydrogen-bond acceptors (Lipinski definition) is 1. The molecule has 3 heterocycles. The van der Waals surface area contributed by atoms with Crippen LogP contribution in [0.2, 0.25) is 0 Å². The van der Waals surface area contributed by atoms with Gasteiger partial charge in [-0.15, -0.1) is 0 Å². The lowest BCUT2D eigenvalue weighted by Crippen LogP contribution is -2.60. The van der Waals surface area contributed by atoms with Crippen LogP contribution < -0.4 is 15.7 Å². The molecule has 3 heteroatoms. The van der Waals surface area contributed by atoms with Gasteiger partial charge in [-0.2, -0.15) is 0 Å². The number of rotatable bonds is 1. The molecule has 0 atom stereocenters. The molecule has 0 unspecified atom stereocenters. The van der Waals surface area contributed by atoms with E-state index in [1.165, 1.54) is 117 Å². The van der Waals surface area contributed by atoms with E-state index in [4.69, 9.17) is 0 Å². The van der Waals surface area contributed by atoms with Crippen LogP contribution in [0.3, 0.4) is 0 Å². The average Bonchev–Trinajstić information content (AvgIpc) is 3.75. The first-order valence-corrected chi connectivity index (χ1v) is 21.6. The molecule has 0 bridgehead atoms. The van der Waals surface area contributed by atoms with E-state index in [1.807, 2.05) is 0 Å². The lowest BCUT2D eigenvalue weighted by Gasteiger charge is -2.43. The zero-order valence-corrected chi connectivity index (χ0v) is 36.1. The van der Waals surface area contributed by atoms with Gasteiger partial charge in [0.1, 0.15) is 0 Å². The standard InChI is InChI=1S/C56H51BN2/c1-53(2,3)32-19-22-34(23-20-32)59-48-26-21-33(54(4,5)6)27-41(48)37-24-25-38-42-28-39-35-15-11-13-17-43(35)56(9,10)46(39)31-49(42)58-50-29-40-36-16-12-14-18-44(36)55(7,8)45(40)30-47(50)57(59)51(37)52(38)58/h11-31H,1-10H3. The summed E-state index contributed by atoms with van der Waals surface area (Å²) < 4.78 is 2.68. The summed E-state index contributed by atoms with van der Waals surface area (Å²) in [4.78, 5) is 2.69. The molecular formula is C56H51BN2. The van der Waals surface area contributed by atoms with Gasteiger partial charge in [0.05, 0.1) is 11.0 Å². The molecule has 0 amide bonds. The van der Waals surface area contributed by atoms with Crippen LogP contribution in [0.15, 0.2) is 127 Å². The molecule has 0 N–H and O–H groups in total. The molecule has 0 spiro atoms. The Morgan fingerprint density at radius 1 is 0.458 bits per heavy atom. The third-order valence-electron chi connectivity index (χ3n) is 14.9. The molecular weight excluding hydrogens is 711 g/mol. The van der Waals surface area contributed by atoms with E-state index in [0.29, 0.717) is 0 Å². The van der Waals surface area contributed by atoms with Crippen molar-refractivity contribution >= 4 is 51.0 Å². The van der Waals surface area contributed by atoms with Gasteiger partial charge in [0, 0.05) is 44.2 Å². The summed E-state index contributed by atoms with van der Waals surface area (Å²) in [7, 11) is 0. The van der Waals surface area contributed by atoms with E-state index in [2.05, 4.69) is 206 Å². The van der Waals surface area contributed by atoms with Crippen molar-refractivity contribution in [3.8, 4) is 39.1 Å². The first-order valence-electron chi connectivity index (χ1n) is 21.6. The van der Waals surface area contributed by atoms with Crippen LogP contribution in [0.5, 0.6) is 0 Å².